The van der Waals surface area contributed by atoms with Crippen LogP contribution in [0.5, 0.6) is 0 Å². The quantitative estimate of drug-likeness (QED) is 0.460. The number of benzene rings is 1. The number of ketones is 1. The lowest BCUT2D eigenvalue weighted by Crippen LogP contribution is -2.15. The minimum Gasteiger partial charge on any atom is -0.453 e. The molecule has 0 spiro atoms. The van der Waals surface area contributed by atoms with Gasteiger partial charge in [0.2, 0.25) is 5.91 Å². The van der Waals surface area contributed by atoms with Gasteiger partial charge in [0.25, 0.3) is 0 Å². The van der Waals surface area contributed by atoms with Gasteiger partial charge in [-0.2, -0.15) is 0 Å². The maximum atomic E-state index is 12.2. The van der Waals surface area contributed by atoms with Gasteiger partial charge in [-0.25, -0.2) is 9.78 Å². The zero-order chi connectivity index (χ0) is 20.5. The average molecular weight is 404 g/mol. The average Bonchev–Trinajstić information content (AvgIpc) is 3.15. The summed E-state index contributed by atoms with van der Waals surface area (Å²) in [5.74, 6) is -0.477. The maximum absolute atomic E-state index is 12.2. The molecule has 0 fully saturated rings. The maximum Gasteiger partial charge on any atom is 0.358 e. The third-order valence-electron chi connectivity index (χ3n) is 3.86. The Morgan fingerprint density at radius 2 is 1.89 bits per heavy atom. The molecule has 0 saturated heterocycles. The van der Waals surface area contributed by atoms with E-state index in [2.05, 4.69) is 29.5 Å². The Balaban J connectivity index is 1.82. The van der Waals surface area contributed by atoms with E-state index in [1.165, 1.54) is 11.3 Å². The minimum absolute atomic E-state index is 0.102. The van der Waals surface area contributed by atoms with E-state index in [1.807, 2.05) is 0 Å². The monoisotopic (exact) mass is 403 g/mol. The van der Waals surface area contributed by atoms with Crippen LogP contribution >= 0.6 is 11.3 Å². The largest absolute Gasteiger partial charge is 0.453 e. The fourth-order valence-electron chi connectivity index (χ4n) is 2.19. The second-order valence-electron chi connectivity index (χ2n) is 6.63. The van der Waals surface area contributed by atoms with E-state index in [-0.39, 0.29) is 24.0 Å². The van der Waals surface area contributed by atoms with Gasteiger partial charge in [0.1, 0.15) is 0 Å². The van der Waals surface area contributed by atoms with Crippen molar-refractivity contribution in [1.82, 2.24) is 4.98 Å². The van der Waals surface area contributed by atoms with Crippen molar-refractivity contribution in [3.05, 3.63) is 40.9 Å². The number of carbonyl (C=O) groups is 3. The number of esters is 1. The van der Waals surface area contributed by atoms with E-state index in [0.717, 1.165) is 13.0 Å². The first-order valence-corrected chi connectivity index (χ1v) is 10.1. The molecule has 28 heavy (non-hydrogen) atoms. The smallest absolute Gasteiger partial charge is 0.358 e. The third kappa shape index (κ3) is 6.77. The van der Waals surface area contributed by atoms with Crippen LogP contribution < -0.4 is 10.6 Å². The molecule has 150 valence electrons. The zero-order valence-electron chi connectivity index (χ0n) is 16.3. The van der Waals surface area contributed by atoms with Gasteiger partial charge in [0, 0.05) is 29.6 Å². The molecule has 0 saturated carbocycles. The Bertz CT molecular complexity index is 815. The normalized spacial score (nSPS) is 10.6. The van der Waals surface area contributed by atoms with E-state index in [4.69, 9.17) is 4.74 Å². The molecule has 8 heteroatoms. The summed E-state index contributed by atoms with van der Waals surface area (Å²) < 4.78 is 5.07. The molecule has 1 heterocycles. The number of thiazole rings is 1. The van der Waals surface area contributed by atoms with Crippen molar-refractivity contribution >= 4 is 39.8 Å². The van der Waals surface area contributed by atoms with Crippen molar-refractivity contribution in [2.24, 2.45) is 5.92 Å². The number of nitrogens with zero attached hydrogens (tertiary/aromatic N) is 1. The number of ether oxygens (including phenoxy) is 1. The number of Topliss-reactive ketones (excluding diaryl/α,β-unsaturated/α-hetero) is 1. The van der Waals surface area contributed by atoms with E-state index in [0.29, 0.717) is 28.7 Å². The van der Waals surface area contributed by atoms with E-state index in [9.17, 15) is 14.4 Å². The lowest BCUT2D eigenvalue weighted by Gasteiger charge is -2.06. The van der Waals surface area contributed by atoms with E-state index >= 15 is 0 Å². The second-order valence-corrected chi connectivity index (χ2v) is 7.48. The van der Waals surface area contributed by atoms with Crippen LogP contribution in [0.2, 0.25) is 0 Å². The fraction of sp³-hybridized carbons (Fsp3) is 0.400. The molecular weight excluding hydrogens is 378 g/mol. The highest BCUT2D eigenvalue weighted by molar-refractivity contribution is 7.13. The molecule has 0 aliphatic heterocycles. The van der Waals surface area contributed by atoms with Gasteiger partial charge in [-0.15, -0.1) is 11.3 Å². The van der Waals surface area contributed by atoms with Crippen LogP contribution in [0.1, 0.15) is 54.5 Å². The van der Waals surface area contributed by atoms with Crippen LogP contribution in [0, 0.1) is 5.92 Å². The Hall–Kier alpha value is -2.74. The third-order valence-corrected chi connectivity index (χ3v) is 4.66. The number of nitrogens with one attached hydrogen (secondary N) is 2. The summed E-state index contributed by atoms with van der Waals surface area (Å²) in [6.45, 7) is 6.45. The number of anilines is 2. The van der Waals surface area contributed by atoms with Crippen molar-refractivity contribution < 1.29 is 19.1 Å². The highest BCUT2D eigenvalue weighted by Crippen LogP contribution is 2.17. The summed E-state index contributed by atoms with van der Waals surface area (Å²) >= 11 is 1.33. The molecule has 0 radical (unpaired) electrons. The van der Waals surface area contributed by atoms with Crippen LogP contribution in [0.25, 0.3) is 0 Å². The summed E-state index contributed by atoms with van der Waals surface area (Å²) in [7, 11) is 0. The lowest BCUT2D eigenvalue weighted by molar-refractivity contribution is -0.115. The molecule has 1 amide bonds. The molecule has 7 nitrogen and oxygen atoms in total. The molecule has 2 rings (SSSR count). The van der Waals surface area contributed by atoms with Crippen molar-refractivity contribution in [3.8, 4) is 0 Å². The van der Waals surface area contributed by atoms with Crippen molar-refractivity contribution in [1.29, 1.82) is 0 Å². The summed E-state index contributed by atoms with van der Waals surface area (Å²) in [5, 5.41) is 8.13. The van der Waals surface area contributed by atoms with E-state index in [1.54, 1.807) is 36.6 Å². The van der Waals surface area contributed by atoms with Crippen LogP contribution in [-0.4, -0.2) is 35.8 Å². The second kappa shape index (κ2) is 10.6. The molecule has 1 aromatic heterocycles. The first-order valence-electron chi connectivity index (χ1n) is 9.18. The zero-order valence-corrected chi connectivity index (χ0v) is 17.1. The number of carbonyl (C=O) groups excluding carboxylic acids is 3. The molecule has 2 N–H and O–H groups in total. The number of amides is 1. The van der Waals surface area contributed by atoms with Crippen molar-refractivity contribution in [2.45, 2.75) is 33.6 Å². The summed E-state index contributed by atoms with van der Waals surface area (Å²) in [5.41, 5.74) is 1.19. The summed E-state index contributed by atoms with van der Waals surface area (Å²) in [6.07, 6.45) is 1.39. The molecule has 2 aromatic rings. The number of hydrogen-bond acceptors (Lipinski definition) is 7. The predicted molar refractivity (Wildman–Crippen MR) is 110 cm³/mol. The van der Waals surface area contributed by atoms with Crippen LogP contribution in [0.4, 0.5) is 10.8 Å². The predicted octanol–water partition coefficient (Wildman–Crippen LogP) is 3.99. The molecule has 0 bridgehead atoms. The lowest BCUT2D eigenvalue weighted by atomic mass is 10.1. The van der Waals surface area contributed by atoms with Crippen molar-refractivity contribution in [2.75, 3.05) is 23.8 Å². The minimum atomic E-state index is -0.631. The van der Waals surface area contributed by atoms with Gasteiger partial charge in [-0.3, -0.25) is 9.59 Å². The van der Waals surface area contributed by atoms with Crippen LogP contribution in [0.15, 0.2) is 29.6 Å². The van der Waals surface area contributed by atoms with E-state index < -0.39 is 5.97 Å². The summed E-state index contributed by atoms with van der Waals surface area (Å²) in [6, 6.07) is 6.44. The first-order chi connectivity index (χ1) is 13.4. The molecule has 0 aliphatic rings. The van der Waals surface area contributed by atoms with Crippen LogP contribution in [-0.2, 0) is 9.53 Å². The van der Waals surface area contributed by atoms with Crippen LogP contribution in [0.3, 0.4) is 0 Å². The standard InChI is InChI=1S/C20H25N3O4S/c1-4-18(25)22-15-7-5-14(6-8-15)17(24)11-27-19(26)16-12-28-20(23-16)21-10-9-13(2)3/h5-8,12-13H,4,9-11H2,1-3H3,(H,21,23)(H,22,25). The Morgan fingerprint density at radius 3 is 2.54 bits per heavy atom. The van der Waals surface area contributed by atoms with Gasteiger partial charge in [-0.1, -0.05) is 20.8 Å². The summed E-state index contributed by atoms with van der Waals surface area (Å²) in [4.78, 5) is 39.8. The Labute approximate surface area is 168 Å². The van der Waals surface area contributed by atoms with Gasteiger partial charge in [0.05, 0.1) is 0 Å². The molecule has 0 aliphatic carbocycles. The Morgan fingerprint density at radius 1 is 1.18 bits per heavy atom. The molecule has 1 aromatic carbocycles. The first kappa shape index (κ1) is 21.6. The fourth-order valence-corrected chi connectivity index (χ4v) is 2.90. The highest BCUT2D eigenvalue weighted by atomic mass is 32.1. The number of hydrogen-bond donors (Lipinski definition) is 2. The van der Waals surface area contributed by atoms with Crippen molar-refractivity contribution in [3.63, 3.8) is 0 Å². The topological polar surface area (TPSA) is 97.4 Å². The van der Waals surface area contributed by atoms with Gasteiger partial charge >= 0.3 is 5.97 Å². The SMILES string of the molecule is CCC(=O)Nc1ccc(C(=O)COC(=O)c2csc(NCCC(C)C)n2)cc1. The Kier molecular flexibility index (Phi) is 8.13. The molecule has 0 unspecified atom stereocenters. The van der Waals surface area contributed by atoms with Gasteiger partial charge in [-0.05, 0) is 36.6 Å². The highest BCUT2D eigenvalue weighted by Gasteiger charge is 2.15. The van der Waals surface area contributed by atoms with Gasteiger partial charge in [0.15, 0.2) is 23.2 Å². The number of rotatable bonds is 10. The van der Waals surface area contributed by atoms with Gasteiger partial charge < -0.3 is 15.4 Å². The molecule has 0 atom stereocenters. The number of aromatic nitrogens is 1. The molecular formula is C20H25N3O4S.